The van der Waals surface area contributed by atoms with Crippen molar-refractivity contribution in [1.82, 2.24) is 4.90 Å². The lowest BCUT2D eigenvalue weighted by atomic mass is 9.94. The fraction of sp³-hybridized carbons (Fsp3) is 0.933. The Kier molecular flexibility index (Phi) is 7.00. The van der Waals surface area contributed by atoms with Gasteiger partial charge < -0.3 is 24.6 Å². The predicted molar refractivity (Wildman–Crippen MR) is 88.5 cm³/mol. The quantitative estimate of drug-likeness (QED) is 0.676. The summed E-state index contributed by atoms with van der Waals surface area (Å²) in [6, 6.07) is -0.803. The second-order valence-electron chi connectivity index (χ2n) is 6.40. The zero-order valence-corrected chi connectivity index (χ0v) is 15.3. The number of amidine groups is 1. The van der Waals surface area contributed by atoms with Crippen LogP contribution in [0.5, 0.6) is 0 Å². The van der Waals surface area contributed by atoms with E-state index in [1.165, 1.54) is 0 Å². The third kappa shape index (κ3) is 4.79. The Labute approximate surface area is 149 Å². The fourth-order valence-electron chi connectivity index (χ4n) is 2.78. The van der Waals surface area contributed by atoms with E-state index in [4.69, 9.17) is 9.47 Å². The molecule has 2 aliphatic heterocycles. The van der Waals surface area contributed by atoms with E-state index >= 15 is 0 Å². The van der Waals surface area contributed by atoms with Crippen molar-refractivity contribution >= 4 is 16.9 Å². The number of aliphatic hydroxyl groups is 2. The summed E-state index contributed by atoms with van der Waals surface area (Å²) in [4.78, 5) is 5.92. The van der Waals surface area contributed by atoms with Gasteiger partial charge in [0.15, 0.2) is 11.3 Å². The van der Waals surface area contributed by atoms with Crippen LogP contribution in [0.25, 0.3) is 0 Å². The van der Waals surface area contributed by atoms with Gasteiger partial charge in [0.1, 0.15) is 29.8 Å². The number of hydrogen-bond donors (Lipinski definition) is 2. The number of rotatable bonds is 6. The molecule has 6 nitrogen and oxygen atoms in total. The van der Waals surface area contributed by atoms with Crippen LogP contribution < -0.4 is 0 Å². The summed E-state index contributed by atoms with van der Waals surface area (Å²) in [7, 11) is 3.47. The molecule has 0 aliphatic carbocycles. The predicted octanol–water partition coefficient (Wildman–Crippen LogP) is 1.60. The summed E-state index contributed by atoms with van der Waals surface area (Å²) in [5.74, 6) is 0. The standard InChI is InChI=1S/C15H25F3N2O4S/c1-4-5-6-7-23-12(15(16,17)18)11-10(22)9(21)8-13(24-11)25-14(19-8)20(2)3/h8-13,21-22H,4-7H2,1-3H3. The molecule has 1 fully saturated rings. The van der Waals surface area contributed by atoms with E-state index in [1.54, 1.807) is 19.0 Å². The number of ether oxygens (including phenoxy) is 2. The van der Waals surface area contributed by atoms with Crippen LogP contribution in [-0.4, -0.2) is 83.1 Å². The highest BCUT2D eigenvalue weighted by molar-refractivity contribution is 8.14. The SMILES string of the molecule is CCCCCOC(C1OC2SC(N(C)C)=NC2C(O)C1O)C(F)(F)F. The molecule has 0 spiro atoms. The molecule has 6 atom stereocenters. The molecular weight excluding hydrogens is 361 g/mol. The second-order valence-corrected chi connectivity index (χ2v) is 7.47. The Hall–Kier alpha value is -0.550. The molecular formula is C15H25F3N2O4S. The molecule has 10 heteroatoms. The Bertz CT molecular complexity index is 478. The first-order valence-corrected chi connectivity index (χ1v) is 9.16. The van der Waals surface area contributed by atoms with E-state index in [9.17, 15) is 23.4 Å². The molecule has 0 aromatic carbocycles. The summed E-state index contributed by atoms with van der Waals surface area (Å²) in [6.07, 6.45) is -9.78. The summed E-state index contributed by atoms with van der Waals surface area (Å²) in [5, 5.41) is 21.0. The molecule has 2 N–H and O–H groups in total. The summed E-state index contributed by atoms with van der Waals surface area (Å²) < 4.78 is 50.8. The lowest BCUT2D eigenvalue weighted by molar-refractivity contribution is -0.284. The van der Waals surface area contributed by atoms with Crippen LogP contribution in [0.1, 0.15) is 26.2 Å². The van der Waals surface area contributed by atoms with Crippen molar-refractivity contribution in [3.05, 3.63) is 0 Å². The van der Waals surface area contributed by atoms with Crippen molar-refractivity contribution in [3.8, 4) is 0 Å². The van der Waals surface area contributed by atoms with Gasteiger partial charge >= 0.3 is 6.18 Å². The minimum absolute atomic E-state index is 0.0820. The molecule has 0 amide bonds. The van der Waals surface area contributed by atoms with Gasteiger partial charge in [-0.15, -0.1) is 0 Å². The molecule has 2 aliphatic rings. The number of hydrogen-bond acceptors (Lipinski definition) is 7. The number of aliphatic hydroxyl groups excluding tert-OH is 2. The molecule has 2 heterocycles. The topological polar surface area (TPSA) is 74.5 Å². The number of nitrogens with zero attached hydrogens (tertiary/aromatic N) is 2. The van der Waals surface area contributed by atoms with Crippen molar-refractivity contribution in [2.45, 2.75) is 68.3 Å². The molecule has 146 valence electrons. The number of unbranched alkanes of at least 4 members (excludes halogenated alkanes) is 2. The average molecular weight is 386 g/mol. The first-order valence-electron chi connectivity index (χ1n) is 8.28. The van der Waals surface area contributed by atoms with Crippen LogP contribution in [0.2, 0.25) is 0 Å². The highest BCUT2D eigenvalue weighted by Crippen LogP contribution is 2.40. The normalized spacial score (nSPS) is 33.8. The van der Waals surface area contributed by atoms with Gasteiger partial charge in [0.25, 0.3) is 0 Å². The van der Waals surface area contributed by atoms with Crippen molar-refractivity contribution in [2.75, 3.05) is 20.7 Å². The van der Waals surface area contributed by atoms with Crippen LogP contribution in [0, 0.1) is 0 Å². The van der Waals surface area contributed by atoms with Crippen LogP contribution in [0.15, 0.2) is 4.99 Å². The van der Waals surface area contributed by atoms with Crippen LogP contribution in [0.3, 0.4) is 0 Å². The number of thioether (sulfide) groups is 1. The molecule has 0 aromatic rings. The largest absolute Gasteiger partial charge is 0.417 e. The third-order valence-electron chi connectivity index (χ3n) is 4.14. The minimum atomic E-state index is -4.71. The highest BCUT2D eigenvalue weighted by atomic mass is 32.2. The number of aliphatic imine (C=N–C) groups is 1. The number of halogens is 3. The van der Waals surface area contributed by atoms with Gasteiger partial charge in [-0.25, -0.2) is 0 Å². The van der Waals surface area contributed by atoms with Gasteiger partial charge in [0.05, 0.1) is 0 Å². The molecule has 25 heavy (non-hydrogen) atoms. The number of fused-ring (bicyclic) bond motifs is 1. The first-order chi connectivity index (χ1) is 11.7. The molecule has 0 saturated carbocycles. The van der Waals surface area contributed by atoms with Gasteiger partial charge in [-0.2, -0.15) is 13.2 Å². The maximum Gasteiger partial charge on any atom is 0.417 e. The molecule has 1 saturated heterocycles. The van der Waals surface area contributed by atoms with Crippen molar-refractivity contribution in [1.29, 1.82) is 0 Å². The lowest BCUT2D eigenvalue weighted by Crippen LogP contribution is -2.61. The van der Waals surface area contributed by atoms with E-state index in [-0.39, 0.29) is 6.61 Å². The Balaban J connectivity index is 2.11. The van der Waals surface area contributed by atoms with Crippen LogP contribution in [-0.2, 0) is 9.47 Å². The Morgan fingerprint density at radius 3 is 2.52 bits per heavy atom. The van der Waals surface area contributed by atoms with Gasteiger partial charge in [-0.1, -0.05) is 31.5 Å². The Morgan fingerprint density at radius 2 is 1.96 bits per heavy atom. The van der Waals surface area contributed by atoms with Gasteiger partial charge in [0.2, 0.25) is 0 Å². The maximum atomic E-state index is 13.4. The van der Waals surface area contributed by atoms with E-state index in [1.807, 2.05) is 6.92 Å². The van der Waals surface area contributed by atoms with E-state index in [0.29, 0.717) is 11.6 Å². The lowest BCUT2D eigenvalue weighted by Gasteiger charge is -2.41. The molecule has 6 unspecified atom stereocenters. The molecule has 0 bridgehead atoms. The van der Waals surface area contributed by atoms with Crippen molar-refractivity contribution < 1.29 is 32.9 Å². The minimum Gasteiger partial charge on any atom is -0.388 e. The fourth-order valence-corrected chi connectivity index (χ4v) is 3.93. The van der Waals surface area contributed by atoms with Crippen LogP contribution >= 0.6 is 11.8 Å². The average Bonchev–Trinajstić information content (AvgIpc) is 2.95. The third-order valence-corrected chi connectivity index (χ3v) is 5.44. The second kappa shape index (κ2) is 8.43. The van der Waals surface area contributed by atoms with Crippen molar-refractivity contribution in [3.63, 3.8) is 0 Å². The number of alkyl halides is 3. The van der Waals surface area contributed by atoms with Gasteiger partial charge in [-0.05, 0) is 6.42 Å². The van der Waals surface area contributed by atoms with Crippen LogP contribution in [0.4, 0.5) is 13.2 Å². The highest BCUT2D eigenvalue weighted by Gasteiger charge is 2.57. The maximum absolute atomic E-state index is 13.4. The van der Waals surface area contributed by atoms with E-state index < -0.39 is 42.1 Å². The zero-order chi connectivity index (χ0) is 18.8. The zero-order valence-electron chi connectivity index (χ0n) is 14.4. The smallest absolute Gasteiger partial charge is 0.388 e. The summed E-state index contributed by atoms with van der Waals surface area (Å²) in [6.45, 7) is 1.85. The molecule has 0 aromatic heterocycles. The van der Waals surface area contributed by atoms with E-state index in [2.05, 4.69) is 4.99 Å². The Morgan fingerprint density at radius 1 is 1.28 bits per heavy atom. The van der Waals surface area contributed by atoms with E-state index in [0.717, 1.165) is 24.6 Å². The van der Waals surface area contributed by atoms with Gasteiger partial charge in [-0.3, -0.25) is 4.99 Å². The van der Waals surface area contributed by atoms with Gasteiger partial charge in [0, 0.05) is 20.7 Å². The first kappa shape index (κ1) is 20.8. The summed E-state index contributed by atoms with van der Waals surface area (Å²) >= 11 is 1.13. The molecule has 2 rings (SSSR count). The summed E-state index contributed by atoms with van der Waals surface area (Å²) in [5.41, 5.74) is -0.787. The molecule has 0 radical (unpaired) electrons. The monoisotopic (exact) mass is 386 g/mol. The van der Waals surface area contributed by atoms with Crippen molar-refractivity contribution in [2.24, 2.45) is 4.99 Å².